The van der Waals surface area contributed by atoms with Gasteiger partial charge in [-0.25, -0.2) is 4.79 Å². The van der Waals surface area contributed by atoms with Gasteiger partial charge in [0.25, 0.3) is 0 Å². The fourth-order valence-corrected chi connectivity index (χ4v) is 1.92. The van der Waals surface area contributed by atoms with Gasteiger partial charge in [0.2, 0.25) is 0 Å². The van der Waals surface area contributed by atoms with Crippen LogP contribution in [-0.4, -0.2) is 30.9 Å². The molecule has 1 amide bonds. The molecule has 4 nitrogen and oxygen atoms in total. The molecule has 2 atom stereocenters. The molecule has 0 bridgehead atoms. The van der Waals surface area contributed by atoms with Gasteiger partial charge >= 0.3 is 6.09 Å². The molecular weight excluding hydrogens is 206 g/mol. The fourth-order valence-electron chi connectivity index (χ4n) is 1.92. The summed E-state index contributed by atoms with van der Waals surface area (Å²) in [5.41, 5.74) is 0. The molecule has 1 aliphatic heterocycles. The Morgan fingerprint density at radius 1 is 1.50 bits per heavy atom. The summed E-state index contributed by atoms with van der Waals surface area (Å²) in [5.74, 6) is 0.554. The average molecular weight is 227 g/mol. The van der Waals surface area contributed by atoms with Crippen LogP contribution in [0.15, 0.2) is 0 Å². The molecule has 92 valence electrons. The lowest BCUT2D eigenvalue weighted by atomic mass is 9.96. The maximum Gasteiger partial charge on any atom is 0.407 e. The zero-order valence-corrected chi connectivity index (χ0v) is 10.1. The van der Waals surface area contributed by atoms with Crippen LogP contribution in [0.25, 0.3) is 0 Å². The van der Waals surface area contributed by atoms with E-state index in [2.05, 4.69) is 19.2 Å². The van der Waals surface area contributed by atoms with Crippen molar-refractivity contribution in [3.8, 4) is 0 Å². The Balaban J connectivity index is 1.72. The van der Waals surface area contributed by atoms with Crippen LogP contribution in [0.1, 0.15) is 39.5 Å². The van der Waals surface area contributed by atoms with Crippen molar-refractivity contribution in [1.29, 1.82) is 0 Å². The summed E-state index contributed by atoms with van der Waals surface area (Å²) in [5, 5.41) is 2.92. The van der Waals surface area contributed by atoms with E-state index in [4.69, 9.17) is 9.47 Å². The smallest absolute Gasteiger partial charge is 0.407 e. The van der Waals surface area contributed by atoms with E-state index >= 15 is 0 Å². The normalized spacial score (nSPS) is 26.1. The number of carbonyl (C=O) groups is 1. The highest BCUT2D eigenvalue weighted by Gasteiger charge is 2.35. The lowest BCUT2D eigenvalue weighted by Gasteiger charge is -2.26. The van der Waals surface area contributed by atoms with Gasteiger partial charge in [0, 0.05) is 0 Å². The van der Waals surface area contributed by atoms with Gasteiger partial charge in [-0.2, -0.15) is 0 Å². The Bertz CT molecular complexity index is 247. The standard InChI is InChI=1S/C12H21NO3/c1-8(2)6-10(11-7-15-11)13-12(14)16-9-4-3-5-9/h8-11H,3-7H2,1-2H3,(H,13,14)/t10-,11-/m0/s1. The van der Waals surface area contributed by atoms with Crippen LogP contribution in [0.3, 0.4) is 0 Å². The van der Waals surface area contributed by atoms with E-state index in [1.54, 1.807) is 0 Å². The molecule has 0 radical (unpaired) electrons. The SMILES string of the molecule is CC(C)C[C@H](NC(=O)OC1CCC1)[C@@H]1CO1. The number of hydrogen-bond donors (Lipinski definition) is 1. The number of amides is 1. The van der Waals surface area contributed by atoms with E-state index < -0.39 is 0 Å². The highest BCUT2D eigenvalue weighted by atomic mass is 16.6. The average Bonchev–Trinajstić information content (AvgIpc) is 2.92. The molecule has 1 saturated heterocycles. The molecule has 1 heterocycles. The maximum atomic E-state index is 11.6. The van der Waals surface area contributed by atoms with Gasteiger partial charge in [-0.05, 0) is 31.6 Å². The minimum absolute atomic E-state index is 0.118. The van der Waals surface area contributed by atoms with Crippen molar-refractivity contribution in [2.45, 2.75) is 57.8 Å². The van der Waals surface area contributed by atoms with Gasteiger partial charge in [-0.15, -0.1) is 0 Å². The summed E-state index contributed by atoms with van der Waals surface area (Å²) in [6.45, 7) is 5.06. The number of ether oxygens (including phenoxy) is 2. The second-order valence-electron chi connectivity index (χ2n) is 5.21. The lowest BCUT2D eigenvalue weighted by Crippen LogP contribution is -2.42. The van der Waals surface area contributed by atoms with Gasteiger partial charge in [-0.1, -0.05) is 13.8 Å². The van der Waals surface area contributed by atoms with Crippen molar-refractivity contribution >= 4 is 6.09 Å². The second-order valence-corrected chi connectivity index (χ2v) is 5.21. The van der Waals surface area contributed by atoms with E-state index in [1.807, 2.05) is 0 Å². The zero-order valence-electron chi connectivity index (χ0n) is 10.1. The second kappa shape index (κ2) is 5.04. The summed E-state index contributed by atoms with van der Waals surface area (Å²) in [6, 6.07) is 0.118. The van der Waals surface area contributed by atoms with E-state index in [9.17, 15) is 4.79 Å². The summed E-state index contributed by atoms with van der Waals surface area (Å²) < 4.78 is 10.5. The van der Waals surface area contributed by atoms with Gasteiger partial charge in [0.05, 0.1) is 12.6 Å². The molecule has 16 heavy (non-hydrogen) atoms. The maximum absolute atomic E-state index is 11.6. The Kier molecular flexibility index (Phi) is 3.69. The van der Waals surface area contributed by atoms with Crippen LogP contribution in [0.5, 0.6) is 0 Å². The summed E-state index contributed by atoms with van der Waals surface area (Å²) in [4.78, 5) is 11.6. The first kappa shape index (κ1) is 11.7. The van der Waals surface area contributed by atoms with Crippen LogP contribution in [-0.2, 0) is 9.47 Å². The highest BCUT2D eigenvalue weighted by Crippen LogP contribution is 2.23. The van der Waals surface area contributed by atoms with Crippen molar-refractivity contribution in [3.05, 3.63) is 0 Å². The first-order chi connectivity index (χ1) is 7.65. The Morgan fingerprint density at radius 2 is 2.19 bits per heavy atom. The van der Waals surface area contributed by atoms with Crippen molar-refractivity contribution in [2.24, 2.45) is 5.92 Å². The van der Waals surface area contributed by atoms with Crippen LogP contribution < -0.4 is 5.32 Å². The Morgan fingerprint density at radius 3 is 2.62 bits per heavy atom. The first-order valence-corrected chi connectivity index (χ1v) is 6.24. The van der Waals surface area contributed by atoms with Crippen molar-refractivity contribution in [3.63, 3.8) is 0 Å². The number of alkyl carbamates (subject to hydrolysis) is 1. The molecule has 2 rings (SSSR count). The Labute approximate surface area is 96.7 Å². The number of epoxide rings is 1. The Hall–Kier alpha value is -0.770. The van der Waals surface area contributed by atoms with E-state index in [0.29, 0.717) is 5.92 Å². The molecule has 1 saturated carbocycles. The molecule has 0 unspecified atom stereocenters. The molecule has 1 aliphatic carbocycles. The predicted molar refractivity (Wildman–Crippen MR) is 60.2 cm³/mol. The molecular formula is C12H21NO3. The van der Waals surface area contributed by atoms with Gasteiger partial charge < -0.3 is 14.8 Å². The topological polar surface area (TPSA) is 50.9 Å². The summed E-state index contributed by atoms with van der Waals surface area (Å²) >= 11 is 0. The monoisotopic (exact) mass is 227 g/mol. The number of rotatable bonds is 5. The van der Waals surface area contributed by atoms with Gasteiger partial charge in [0.15, 0.2) is 0 Å². The van der Waals surface area contributed by atoms with E-state index in [1.165, 1.54) is 6.42 Å². The number of nitrogens with one attached hydrogen (secondary N) is 1. The summed E-state index contributed by atoms with van der Waals surface area (Å²) in [6.07, 6.45) is 4.25. The first-order valence-electron chi connectivity index (χ1n) is 6.24. The third kappa shape index (κ3) is 3.37. The van der Waals surface area contributed by atoms with E-state index in [-0.39, 0.29) is 24.3 Å². The third-order valence-electron chi connectivity index (χ3n) is 3.16. The summed E-state index contributed by atoms with van der Waals surface area (Å²) in [7, 11) is 0. The van der Waals surface area contributed by atoms with Crippen molar-refractivity contribution in [2.75, 3.05) is 6.61 Å². The van der Waals surface area contributed by atoms with Crippen LogP contribution in [0.4, 0.5) is 4.79 Å². The molecule has 2 aliphatic rings. The molecule has 2 fully saturated rings. The van der Waals surface area contributed by atoms with Crippen LogP contribution in [0.2, 0.25) is 0 Å². The van der Waals surface area contributed by atoms with Crippen LogP contribution in [0, 0.1) is 5.92 Å². The lowest BCUT2D eigenvalue weighted by molar-refractivity contribution is 0.0490. The predicted octanol–water partition coefficient (Wildman–Crippen LogP) is 2.08. The van der Waals surface area contributed by atoms with Gasteiger partial charge in [0.1, 0.15) is 12.2 Å². The molecule has 4 heteroatoms. The minimum atomic E-state index is -0.272. The quantitative estimate of drug-likeness (QED) is 0.731. The number of carbonyl (C=O) groups excluding carboxylic acids is 1. The highest BCUT2D eigenvalue weighted by molar-refractivity contribution is 5.68. The molecule has 0 aromatic heterocycles. The van der Waals surface area contributed by atoms with E-state index in [0.717, 1.165) is 25.9 Å². The van der Waals surface area contributed by atoms with Crippen molar-refractivity contribution in [1.82, 2.24) is 5.32 Å². The van der Waals surface area contributed by atoms with Crippen LogP contribution >= 0.6 is 0 Å². The fraction of sp³-hybridized carbons (Fsp3) is 0.917. The van der Waals surface area contributed by atoms with Gasteiger partial charge in [-0.3, -0.25) is 0 Å². The third-order valence-corrected chi connectivity index (χ3v) is 3.16. The zero-order chi connectivity index (χ0) is 11.5. The largest absolute Gasteiger partial charge is 0.446 e. The minimum Gasteiger partial charge on any atom is -0.446 e. The molecule has 1 N–H and O–H groups in total. The molecule has 0 aromatic carbocycles. The molecule has 0 spiro atoms. The van der Waals surface area contributed by atoms with Crippen molar-refractivity contribution < 1.29 is 14.3 Å². The number of hydrogen-bond acceptors (Lipinski definition) is 3. The molecule has 0 aromatic rings.